The van der Waals surface area contributed by atoms with E-state index in [4.69, 9.17) is 4.74 Å². The number of nitrogens with zero attached hydrogens (tertiary/aromatic N) is 4. The summed E-state index contributed by atoms with van der Waals surface area (Å²) in [6, 6.07) is 10.4. The number of benzene rings is 1. The topological polar surface area (TPSA) is 82.6 Å². The van der Waals surface area contributed by atoms with E-state index in [2.05, 4.69) is 25.5 Å². The van der Waals surface area contributed by atoms with E-state index >= 15 is 0 Å². The van der Waals surface area contributed by atoms with Gasteiger partial charge in [-0.3, -0.25) is 9.78 Å². The number of hydrogen-bond donors (Lipinski definition) is 2. The molecule has 2 fully saturated rings. The van der Waals surface area contributed by atoms with Crippen LogP contribution >= 0.6 is 0 Å². The lowest BCUT2D eigenvalue weighted by Gasteiger charge is -2.29. The number of ether oxygens (including phenoxy) is 1. The molecule has 1 atom stereocenters. The molecule has 1 amide bonds. The molecule has 37 heavy (non-hydrogen) atoms. The van der Waals surface area contributed by atoms with Gasteiger partial charge in [-0.05, 0) is 75.4 Å². The molecular formula is C28H33FN6O2. The van der Waals surface area contributed by atoms with Gasteiger partial charge in [-0.1, -0.05) is 0 Å². The average molecular weight is 505 g/mol. The third-order valence-corrected chi connectivity index (χ3v) is 6.93. The fourth-order valence-electron chi connectivity index (χ4n) is 4.86. The van der Waals surface area contributed by atoms with Crippen molar-refractivity contribution in [3.63, 3.8) is 0 Å². The summed E-state index contributed by atoms with van der Waals surface area (Å²) in [5.41, 5.74) is 3.70. The number of nitrogens with one attached hydrogen (secondary N) is 2. The van der Waals surface area contributed by atoms with Crippen LogP contribution in [-0.4, -0.2) is 48.8 Å². The number of anilines is 5. The average Bonchev–Trinajstić information content (AvgIpc) is 3.45. The summed E-state index contributed by atoms with van der Waals surface area (Å²) in [6.45, 7) is 4.41. The van der Waals surface area contributed by atoms with Crippen LogP contribution < -0.4 is 20.4 Å². The standard InChI is InChI=1S/C28H33FN6O2/c1-19-25(28(36)33-21-8-9-26(31-17-21)34(2)27-7-6-12-37-27)16-23(18-30-19)32-22-13-20(29)14-24(15-22)35-10-4-3-5-11-35/h8-9,13-18,27,32H,3-7,10-12H2,1-2H3,(H,33,36). The first-order chi connectivity index (χ1) is 18.0. The Balaban J connectivity index is 1.28. The van der Waals surface area contributed by atoms with Gasteiger partial charge in [0.15, 0.2) is 0 Å². The predicted molar refractivity (Wildman–Crippen MR) is 144 cm³/mol. The molecule has 1 aromatic carbocycles. The minimum absolute atomic E-state index is 0.0333. The van der Waals surface area contributed by atoms with E-state index in [1.54, 1.807) is 31.5 Å². The van der Waals surface area contributed by atoms with Gasteiger partial charge in [0.05, 0.1) is 35.0 Å². The van der Waals surface area contributed by atoms with E-state index in [1.165, 1.54) is 12.5 Å². The molecule has 1 unspecified atom stereocenters. The molecule has 8 nitrogen and oxygen atoms in total. The molecule has 0 spiro atoms. The van der Waals surface area contributed by atoms with Gasteiger partial charge in [0.1, 0.15) is 17.9 Å². The van der Waals surface area contributed by atoms with Gasteiger partial charge >= 0.3 is 0 Å². The molecule has 4 heterocycles. The van der Waals surface area contributed by atoms with Gasteiger partial charge < -0.3 is 25.2 Å². The SMILES string of the molecule is Cc1ncc(Nc2cc(F)cc(N3CCCCC3)c2)cc1C(=O)Nc1ccc(N(C)C2CCCO2)nc1. The molecule has 0 bridgehead atoms. The lowest BCUT2D eigenvalue weighted by atomic mass is 10.1. The van der Waals surface area contributed by atoms with E-state index in [-0.39, 0.29) is 18.0 Å². The maximum Gasteiger partial charge on any atom is 0.257 e. The number of carbonyl (C=O) groups excluding carboxylic acids is 1. The number of hydrogen-bond acceptors (Lipinski definition) is 7. The Morgan fingerprint density at radius 2 is 1.84 bits per heavy atom. The lowest BCUT2D eigenvalue weighted by molar-refractivity contribution is 0.102. The number of halogens is 1. The number of pyridine rings is 2. The van der Waals surface area contributed by atoms with Crippen LogP contribution in [0, 0.1) is 12.7 Å². The Kier molecular flexibility index (Phi) is 7.50. The van der Waals surface area contributed by atoms with Crippen molar-refractivity contribution < 1.29 is 13.9 Å². The number of amides is 1. The fraction of sp³-hybridized carbons (Fsp3) is 0.393. The van der Waals surface area contributed by atoms with E-state index in [1.807, 2.05) is 30.1 Å². The molecule has 2 aromatic heterocycles. The van der Waals surface area contributed by atoms with Gasteiger partial charge in [-0.25, -0.2) is 9.37 Å². The number of aryl methyl sites for hydroxylation is 1. The van der Waals surface area contributed by atoms with Gasteiger partial charge in [-0.15, -0.1) is 0 Å². The van der Waals surface area contributed by atoms with Crippen LogP contribution in [0.5, 0.6) is 0 Å². The minimum Gasteiger partial charge on any atom is -0.371 e. The van der Waals surface area contributed by atoms with Crippen molar-refractivity contribution in [2.24, 2.45) is 0 Å². The summed E-state index contributed by atoms with van der Waals surface area (Å²) in [7, 11) is 1.96. The molecule has 2 aliphatic rings. The zero-order chi connectivity index (χ0) is 25.8. The smallest absolute Gasteiger partial charge is 0.257 e. The molecule has 5 rings (SSSR count). The third kappa shape index (κ3) is 5.99. The van der Waals surface area contributed by atoms with Crippen molar-refractivity contribution in [3.8, 4) is 0 Å². The van der Waals surface area contributed by atoms with Crippen LogP contribution in [0.3, 0.4) is 0 Å². The van der Waals surface area contributed by atoms with Crippen molar-refractivity contribution in [3.05, 3.63) is 65.9 Å². The molecule has 9 heteroatoms. The third-order valence-electron chi connectivity index (χ3n) is 6.93. The van der Waals surface area contributed by atoms with Crippen molar-refractivity contribution >= 4 is 34.5 Å². The summed E-state index contributed by atoms with van der Waals surface area (Å²) >= 11 is 0. The fourth-order valence-corrected chi connectivity index (χ4v) is 4.86. The van der Waals surface area contributed by atoms with E-state index in [9.17, 15) is 9.18 Å². The van der Waals surface area contributed by atoms with Crippen molar-refractivity contribution in [1.29, 1.82) is 0 Å². The van der Waals surface area contributed by atoms with Crippen LogP contribution in [-0.2, 0) is 4.74 Å². The zero-order valence-corrected chi connectivity index (χ0v) is 21.3. The molecule has 3 aromatic rings. The minimum atomic E-state index is -0.301. The number of rotatable bonds is 7. The second-order valence-corrected chi connectivity index (χ2v) is 9.67. The van der Waals surface area contributed by atoms with Crippen molar-refractivity contribution in [2.75, 3.05) is 47.2 Å². The largest absolute Gasteiger partial charge is 0.371 e. The zero-order valence-electron chi connectivity index (χ0n) is 21.3. The highest BCUT2D eigenvalue weighted by Crippen LogP contribution is 2.28. The summed E-state index contributed by atoms with van der Waals surface area (Å²) in [5, 5.41) is 6.12. The first kappa shape index (κ1) is 25.0. The molecule has 194 valence electrons. The predicted octanol–water partition coefficient (Wildman–Crippen LogP) is 5.48. The highest BCUT2D eigenvalue weighted by Gasteiger charge is 2.21. The second-order valence-electron chi connectivity index (χ2n) is 9.67. The summed E-state index contributed by atoms with van der Waals surface area (Å²) in [5.74, 6) is 0.196. The van der Waals surface area contributed by atoms with Crippen LogP contribution in [0.15, 0.2) is 48.8 Å². The maximum atomic E-state index is 14.4. The molecular weight excluding hydrogens is 471 g/mol. The van der Waals surface area contributed by atoms with Crippen molar-refractivity contribution in [2.45, 2.75) is 45.3 Å². The van der Waals surface area contributed by atoms with Gasteiger partial charge in [0, 0.05) is 38.1 Å². The first-order valence-electron chi connectivity index (χ1n) is 12.9. The molecule has 0 aliphatic carbocycles. The summed E-state index contributed by atoms with van der Waals surface area (Å²) in [6.07, 6.45) is 8.78. The van der Waals surface area contributed by atoms with Crippen LogP contribution in [0.1, 0.15) is 48.2 Å². The molecule has 2 saturated heterocycles. The Bertz CT molecular complexity index is 1240. The lowest BCUT2D eigenvalue weighted by Crippen LogP contribution is -2.31. The Labute approximate surface area is 216 Å². The van der Waals surface area contributed by atoms with E-state index < -0.39 is 0 Å². The van der Waals surface area contributed by atoms with Gasteiger partial charge in [0.2, 0.25) is 0 Å². The first-order valence-corrected chi connectivity index (χ1v) is 12.9. The van der Waals surface area contributed by atoms with Gasteiger partial charge in [-0.2, -0.15) is 0 Å². The van der Waals surface area contributed by atoms with Crippen LogP contribution in [0.4, 0.5) is 33.0 Å². The Morgan fingerprint density at radius 1 is 1.03 bits per heavy atom. The number of carbonyl (C=O) groups is 1. The maximum absolute atomic E-state index is 14.4. The monoisotopic (exact) mass is 504 g/mol. The van der Waals surface area contributed by atoms with E-state index in [0.717, 1.165) is 56.9 Å². The summed E-state index contributed by atoms with van der Waals surface area (Å²) in [4.78, 5) is 26.2. The Hall–Kier alpha value is -3.72. The number of aromatic nitrogens is 2. The molecule has 2 aliphatic heterocycles. The van der Waals surface area contributed by atoms with Crippen LogP contribution in [0.2, 0.25) is 0 Å². The molecule has 0 radical (unpaired) electrons. The summed E-state index contributed by atoms with van der Waals surface area (Å²) < 4.78 is 20.1. The van der Waals surface area contributed by atoms with Crippen LogP contribution in [0.25, 0.3) is 0 Å². The molecule has 2 N–H and O–H groups in total. The highest BCUT2D eigenvalue weighted by molar-refractivity contribution is 6.05. The Morgan fingerprint density at radius 3 is 2.57 bits per heavy atom. The molecule has 0 saturated carbocycles. The van der Waals surface area contributed by atoms with Gasteiger partial charge in [0.25, 0.3) is 5.91 Å². The second kappa shape index (κ2) is 11.1. The van der Waals surface area contributed by atoms with E-state index in [0.29, 0.717) is 28.3 Å². The number of piperidine rings is 1. The van der Waals surface area contributed by atoms with Crippen molar-refractivity contribution in [1.82, 2.24) is 9.97 Å². The quantitative estimate of drug-likeness (QED) is 0.441. The normalized spacial score (nSPS) is 17.5. The highest BCUT2D eigenvalue weighted by atomic mass is 19.1.